The minimum Gasteiger partial charge on any atom is -0.326 e. The molecule has 0 atom stereocenters. The number of halogens is 1. The third-order valence-corrected chi connectivity index (χ3v) is 6.54. The fraction of sp³-hybridized carbons (Fsp3) is 0.333. The first-order chi connectivity index (χ1) is 13.9. The quantitative estimate of drug-likeness (QED) is 0.414. The summed E-state index contributed by atoms with van der Waals surface area (Å²) in [6.45, 7) is 6.42. The van der Waals surface area contributed by atoms with Gasteiger partial charge in [0.2, 0.25) is 5.91 Å². The molecule has 0 radical (unpaired) electrons. The maximum absolute atomic E-state index is 13.3. The van der Waals surface area contributed by atoms with E-state index in [2.05, 4.69) is 31.1 Å². The number of hydrogen-bond acceptors (Lipinski definition) is 3. The number of thioether (sulfide) groups is 1. The third-order valence-electron chi connectivity index (χ3n) is 5.51. The second kappa shape index (κ2) is 9.40. The first-order valence-electron chi connectivity index (χ1n) is 9.99. The predicted octanol–water partition coefficient (Wildman–Crippen LogP) is 6.82. The zero-order chi connectivity index (χ0) is 20.9. The molecule has 3 nitrogen and oxygen atoms in total. The van der Waals surface area contributed by atoms with Crippen molar-refractivity contribution in [1.29, 1.82) is 0 Å². The lowest BCUT2D eigenvalue weighted by atomic mass is 9.81. The molecule has 3 aromatic rings. The highest BCUT2D eigenvalue weighted by Gasteiger charge is 2.23. The molecule has 2 aromatic carbocycles. The topological polar surface area (TPSA) is 42.0 Å². The zero-order valence-corrected chi connectivity index (χ0v) is 18.0. The molecule has 0 aliphatic heterocycles. The molecular formula is C24H27FN2OS. The molecule has 0 aliphatic carbocycles. The summed E-state index contributed by atoms with van der Waals surface area (Å²) in [6.07, 6.45) is 2.50. The molecule has 0 saturated heterocycles. The van der Waals surface area contributed by atoms with E-state index < -0.39 is 0 Å². The fourth-order valence-corrected chi connectivity index (χ4v) is 3.99. The largest absolute Gasteiger partial charge is 0.326 e. The smallest absolute Gasteiger partial charge is 0.224 e. The van der Waals surface area contributed by atoms with Gasteiger partial charge in [0, 0.05) is 28.1 Å². The van der Waals surface area contributed by atoms with Gasteiger partial charge in [-0.15, -0.1) is 11.8 Å². The molecule has 0 saturated carbocycles. The number of carbonyl (C=O) groups excluding carboxylic acids is 1. The summed E-state index contributed by atoms with van der Waals surface area (Å²) in [5.74, 6) is 0.509. The highest BCUT2D eigenvalue weighted by Crippen LogP contribution is 2.30. The molecule has 29 heavy (non-hydrogen) atoms. The lowest BCUT2D eigenvalue weighted by Crippen LogP contribution is -2.23. The molecule has 3 rings (SSSR count). The van der Waals surface area contributed by atoms with Crippen LogP contribution in [0.3, 0.4) is 0 Å². The summed E-state index contributed by atoms with van der Waals surface area (Å²) in [6, 6.07) is 16.3. The number of aromatic nitrogens is 1. The second-order valence-electron chi connectivity index (χ2n) is 7.70. The third kappa shape index (κ3) is 5.80. The monoisotopic (exact) mass is 410 g/mol. The van der Waals surface area contributed by atoms with Crippen LogP contribution in [0.15, 0.2) is 59.5 Å². The van der Waals surface area contributed by atoms with E-state index in [1.165, 1.54) is 12.1 Å². The minimum atomic E-state index is -0.251. The number of amides is 1. The van der Waals surface area contributed by atoms with E-state index in [-0.39, 0.29) is 17.1 Å². The Labute approximate surface area is 176 Å². The molecule has 152 valence electrons. The highest BCUT2D eigenvalue weighted by molar-refractivity contribution is 7.98. The Kier molecular flexibility index (Phi) is 6.91. The van der Waals surface area contributed by atoms with Gasteiger partial charge < -0.3 is 5.32 Å². The van der Waals surface area contributed by atoms with Crippen LogP contribution in [-0.2, 0) is 10.5 Å². The van der Waals surface area contributed by atoms with E-state index >= 15 is 0 Å². The van der Waals surface area contributed by atoms with Crippen LogP contribution in [0.25, 0.3) is 10.9 Å². The van der Waals surface area contributed by atoms with E-state index in [0.29, 0.717) is 12.2 Å². The van der Waals surface area contributed by atoms with Crippen molar-refractivity contribution in [3.8, 4) is 0 Å². The second-order valence-corrected chi connectivity index (χ2v) is 8.75. The van der Waals surface area contributed by atoms with Crippen molar-refractivity contribution in [2.24, 2.45) is 5.41 Å². The van der Waals surface area contributed by atoms with Crippen LogP contribution in [0.5, 0.6) is 0 Å². The molecule has 0 fully saturated rings. The fourth-order valence-electron chi connectivity index (χ4n) is 3.13. The highest BCUT2D eigenvalue weighted by atomic mass is 32.2. The van der Waals surface area contributed by atoms with Crippen LogP contribution in [0.1, 0.15) is 45.7 Å². The molecule has 0 bridgehead atoms. The number of nitrogens with one attached hydrogen (secondary N) is 1. The van der Waals surface area contributed by atoms with E-state index in [0.717, 1.165) is 40.0 Å². The van der Waals surface area contributed by atoms with Gasteiger partial charge in [-0.05, 0) is 47.9 Å². The molecule has 0 unspecified atom stereocenters. The van der Waals surface area contributed by atoms with Crippen LogP contribution in [0.4, 0.5) is 10.1 Å². The number of pyridine rings is 1. The lowest BCUT2D eigenvalue weighted by Gasteiger charge is -2.25. The van der Waals surface area contributed by atoms with E-state index in [1.807, 2.05) is 36.4 Å². The Morgan fingerprint density at radius 3 is 2.66 bits per heavy atom. The molecule has 0 aliphatic rings. The SMILES string of the molecule is CCC(C)(CC)CC(=O)Nc1cccc(SCc2ccc3cc(F)ccc3n2)c1. The molecule has 5 heteroatoms. The van der Waals surface area contributed by atoms with Gasteiger partial charge in [-0.3, -0.25) is 9.78 Å². The van der Waals surface area contributed by atoms with Gasteiger partial charge >= 0.3 is 0 Å². The number of rotatable bonds is 8. The van der Waals surface area contributed by atoms with Crippen molar-refractivity contribution in [2.45, 2.75) is 50.7 Å². The molecule has 1 aromatic heterocycles. The van der Waals surface area contributed by atoms with Gasteiger partial charge in [-0.25, -0.2) is 4.39 Å². The Balaban J connectivity index is 1.62. The summed E-state index contributed by atoms with van der Waals surface area (Å²) in [7, 11) is 0. The minimum absolute atomic E-state index is 0.0428. The number of hydrogen-bond donors (Lipinski definition) is 1. The first-order valence-corrected chi connectivity index (χ1v) is 11.0. The van der Waals surface area contributed by atoms with Crippen LogP contribution >= 0.6 is 11.8 Å². The average Bonchev–Trinajstić information content (AvgIpc) is 2.72. The summed E-state index contributed by atoms with van der Waals surface area (Å²) in [4.78, 5) is 18.1. The molecule has 1 amide bonds. The van der Waals surface area contributed by atoms with Gasteiger partial charge in [-0.1, -0.05) is 45.7 Å². The number of anilines is 1. The molecule has 1 N–H and O–H groups in total. The van der Waals surface area contributed by atoms with Crippen molar-refractivity contribution in [3.63, 3.8) is 0 Å². The summed E-state index contributed by atoms with van der Waals surface area (Å²) >= 11 is 1.66. The normalized spacial score (nSPS) is 11.6. The number of benzene rings is 2. The molecule has 1 heterocycles. The molecular weight excluding hydrogens is 383 g/mol. The summed E-state index contributed by atoms with van der Waals surface area (Å²) in [5, 5.41) is 3.83. The Morgan fingerprint density at radius 2 is 1.90 bits per heavy atom. The van der Waals surface area contributed by atoms with E-state index in [1.54, 1.807) is 17.8 Å². The van der Waals surface area contributed by atoms with Gasteiger partial charge in [0.25, 0.3) is 0 Å². The summed E-state index contributed by atoms with van der Waals surface area (Å²) in [5.41, 5.74) is 2.59. The Hall–Kier alpha value is -2.40. The van der Waals surface area contributed by atoms with Gasteiger partial charge in [0.1, 0.15) is 5.82 Å². The Bertz CT molecular complexity index is 1000. The van der Waals surface area contributed by atoms with Crippen LogP contribution in [-0.4, -0.2) is 10.9 Å². The van der Waals surface area contributed by atoms with Crippen molar-refractivity contribution in [1.82, 2.24) is 4.98 Å². The maximum Gasteiger partial charge on any atom is 0.224 e. The summed E-state index contributed by atoms with van der Waals surface area (Å²) < 4.78 is 13.3. The number of nitrogens with zero attached hydrogens (tertiary/aromatic N) is 1. The van der Waals surface area contributed by atoms with Crippen molar-refractivity contribution in [2.75, 3.05) is 5.32 Å². The Morgan fingerprint density at radius 1 is 1.10 bits per heavy atom. The van der Waals surface area contributed by atoms with E-state index in [4.69, 9.17) is 0 Å². The van der Waals surface area contributed by atoms with E-state index in [9.17, 15) is 9.18 Å². The van der Waals surface area contributed by atoms with Gasteiger partial charge in [0.05, 0.1) is 11.2 Å². The zero-order valence-electron chi connectivity index (χ0n) is 17.2. The van der Waals surface area contributed by atoms with Gasteiger partial charge in [0.15, 0.2) is 0 Å². The van der Waals surface area contributed by atoms with Crippen molar-refractivity contribution in [3.05, 3.63) is 66.1 Å². The van der Waals surface area contributed by atoms with Crippen molar-refractivity contribution >= 4 is 34.3 Å². The predicted molar refractivity (Wildman–Crippen MR) is 120 cm³/mol. The van der Waals surface area contributed by atoms with Crippen LogP contribution in [0, 0.1) is 11.2 Å². The van der Waals surface area contributed by atoms with Crippen molar-refractivity contribution < 1.29 is 9.18 Å². The van der Waals surface area contributed by atoms with Gasteiger partial charge in [-0.2, -0.15) is 0 Å². The number of carbonyl (C=O) groups is 1. The van der Waals surface area contributed by atoms with Crippen LogP contribution in [0.2, 0.25) is 0 Å². The number of fused-ring (bicyclic) bond motifs is 1. The maximum atomic E-state index is 13.3. The average molecular weight is 411 g/mol. The van der Waals surface area contributed by atoms with Crippen LogP contribution < -0.4 is 5.32 Å². The molecule has 0 spiro atoms. The standard InChI is InChI=1S/C24H27FN2OS/c1-4-24(3,5-2)15-23(28)27-19-7-6-8-21(14-19)29-16-20-11-9-17-13-18(25)10-12-22(17)26-20/h6-14H,4-5,15-16H2,1-3H3,(H,27,28). The lowest BCUT2D eigenvalue weighted by molar-refractivity contribution is -0.118. The first kappa shape index (κ1) is 21.3.